The Balaban J connectivity index is 2.18. The highest BCUT2D eigenvalue weighted by Gasteiger charge is 2.57. The number of esters is 2. The lowest BCUT2D eigenvalue weighted by atomic mass is 9.78. The quantitative estimate of drug-likeness (QED) is 0.222. The molecule has 0 unspecified atom stereocenters. The van der Waals surface area contributed by atoms with Crippen LogP contribution in [-0.2, 0) is 23.8 Å². The molecule has 0 spiro atoms. The van der Waals surface area contributed by atoms with E-state index in [2.05, 4.69) is 13.2 Å². The number of rotatable bonds is 9. The van der Waals surface area contributed by atoms with Gasteiger partial charge in [0.05, 0.1) is 14.2 Å². The number of amides is 1. The summed E-state index contributed by atoms with van der Waals surface area (Å²) in [5.41, 5.74) is 0.246. The Morgan fingerprint density at radius 3 is 1.91 bits per heavy atom. The van der Waals surface area contributed by atoms with Gasteiger partial charge in [-0.3, -0.25) is 14.5 Å². The van der Waals surface area contributed by atoms with Crippen molar-refractivity contribution in [2.75, 3.05) is 14.2 Å². The summed E-state index contributed by atoms with van der Waals surface area (Å²) >= 11 is 0. The largest absolute Gasteiger partial charge is 0.468 e. The van der Waals surface area contributed by atoms with Gasteiger partial charge in [-0.05, 0) is 30.9 Å². The fraction of sp³-hybridized carbons (Fsp3) is 0.296. The lowest BCUT2D eigenvalue weighted by molar-refractivity contribution is -0.167. The summed E-state index contributed by atoms with van der Waals surface area (Å²) in [6.45, 7) is 9.73. The predicted octanol–water partition coefficient (Wildman–Crippen LogP) is 5.12. The van der Waals surface area contributed by atoms with Crippen molar-refractivity contribution in [3.05, 3.63) is 96.2 Å². The molecule has 1 fully saturated rings. The topological polar surface area (TPSA) is 82.1 Å². The van der Waals surface area contributed by atoms with E-state index in [4.69, 9.17) is 14.2 Å². The standard InChI is InChI=1S/C27H29NO6/c1-18(2)16-17-27(24(29)32-4,25(30)33-5)19(3)28-22(20-12-8-6-9-13-20)23(34-26(28)31)21-14-10-7-11-15-21/h6-15,22-23H,1,3,16-17H2,2,4-5H3/t22-,23+/m1/s1. The maximum absolute atomic E-state index is 13.3. The number of carbonyl (C=O) groups is 3. The Kier molecular flexibility index (Phi) is 7.56. The van der Waals surface area contributed by atoms with Crippen molar-refractivity contribution in [1.29, 1.82) is 0 Å². The summed E-state index contributed by atoms with van der Waals surface area (Å²) in [5, 5.41) is 0. The Bertz CT molecular complexity index is 1060. The highest BCUT2D eigenvalue weighted by Crippen LogP contribution is 2.49. The minimum absolute atomic E-state index is 0.0260. The molecule has 0 aliphatic carbocycles. The SMILES string of the molecule is C=C(C)CCC(C(=C)N1C(=O)O[C@@H](c2ccccc2)[C@H]1c1ccccc1)(C(=O)OC)C(=O)OC. The van der Waals surface area contributed by atoms with Crippen molar-refractivity contribution in [3.8, 4) is 0 Å². The molecule has 0 saturated carbocycles. The van der Waals surface area contributed by atoms with Gasteiger partial charge in [0.2, 0.25) is 5.41 Å². The summed E-state index contributed by atoms with van der Waals surface area (Å²) < 4.78 is 15.9. The normalized spacial score (nSPS) is 17.6. The molecule has 0 radical (unpaired) electrons. The molecular formula is C27H29NO6. The average Bonchev–Trinajstić information content (AvgIpc) is 3.21. The minimum Gasteiger partial charge on any atom is -0.468 e. The third-order valence-electron chi connectivity index (χ3n) is 6.04. The first-order valence-electron chi connectivity index (χ1n) is 10.9. The maximum atomic E-state index is 13.3. The van der Waals surface area contributed by atoms with Gasteiger partial charge in [0.15, 0.2) is 6.10 Å². The van der Waals surface area contributed by atoms with Gasteiger partial charge in [-0.1, -0.05) is 72.8 Å². The first-order valence-corrected chi connectivity index (χ1v) is 10.9. The number of allylic oxidation sites excluding steroid dienone is 1. The van der Waals surface area contributed by atoms with Crippen LogP contribution >= 0.6 is 0 Å². The Hall–Kier alpha value is -3.87. The van der Waals surface area contributed by atoms with Crippen molar-refractivity contribution in [2.45, 2.75) is 31.9 Å². The van der Waals surface area contributed by atoms with Crippen LogP contribution in [0, 0.1) is 5.41 Å². The van der Waals surface area contributed by atoms with Crippen molar-refractivity contribution in [3.63, 3.8) is 0 Å². The molecule has 2 atom stereocenters. The second-order valence-corrected chi connectivity index (χ2v) is 8.23. The van der Waals surface area contributed by atoms with Crippen LogP contribution in [0.3, 0.4) is 0 Å². The van der Waals surface area contributed by atoms with E-state index in [1.807, 2.05) is 60.7 Å². The Morgan fingerprint density at radius 2 is 1.44 bits per heavy atom. The van der Waals surface area contributed by atoms with Crippen molar-refractivity contribution < 1.29 is 28.6 Å². The van der Waals surface area contributed by atoms with Gasteiger partial charge in [0, 0.05) is 5.70 Å². The van der Waals surface area contributed by atoms with Crippen LogP contribution in [0.15, 0.2) is 85.1 Å². The van der Waals surface area contributed by atoms with E-state index >= 15 is 0 Å². The zero-order chi connectivity index (χ0) is 24.9. The predicted molar refractivity (Wildman–Crippen MR) is 126 cm³/mol. The van der Waals surface area contributed by atoms with E-state index in [0.717, 1.165) is 16.7 Å². The van der Waals surface area contributed by atoms with Crippen LogP contribution in [0.1, 0.15) is 43.0 Å². The van der Waals surface area contributed by atoms with Crippen LogP contribution in [0.25, 0.3) is 0 Å². The van der Waals surface area contributed by atoms with Gasteiger partial charge in [-0.15, -0.1) is 6.58 Å². The zero-order valence-electron chi connectivity index (χ0n) is 19.7. The molecule has 1 amide bonds. The maximum Gasteiger partial charge on any atom is 0.415 e. The molecule has 1 heterocycles. The second kappa shape index (κ2) is 10.4. The number of nitrogens with zero attached hydrogens (tertiary/aromatic N) is 1. The fourth-order valence-corrected chi connectivity index (χ4v) is 4.25. The van der Waals surface area contributed by atoms with Gasteiger partial charge in [0.1, 0.15) is 6.04 Å². The van der Waals surface area contributed by atoms with Crippen LogP contribution in [0.4, 0.5) is 4.79 Å². The molecule has 2 aromatic carbocycles. The third-order valence-corrected chi connectivity index (χ3v) is 6.04. The molecule has 2 aromatic rings. The first kappa shape index (κ1) is 24.8. The minimum atomic E-state index is -1.96. The summed E-state index contributed by atoms with van der Waals surface area (Å²) in [5.74, 6) is -1.73. The van der Waals surface area contributed by atoms with E-state index in [0.29, 0.717) is 6.42 Å². The molecule has 7 heteroatoms. The monoisotopic (exact) mass is 463 g/mol. The molecule has 178 valence electrons. The summed E-state index contributed by atoms with van der Waals surface area (Å²) in [6.07, 6.45) is -1.13. The number of hydrogen-bond acceptors (Lipinski definition) is 6. The highest BCUT2D eigenvalue weighted by molar-refractivity contribution is 6.04. The van der Waals surface area contributed by atoms with E-state index < -0.39 is 35.6 Å². The lowest BCUT2D eigenvalue weighted by Gasteiger charge is -2.36. The van der Waals surface area contributed by atoms with Crippen molar-refractivity contribution >= 4 is 18.0 Å². The summed E-state index contributed by atoms with van der Waals surface area (Å²) in [4.78, 5) is 40.9. The van der Waals surface area contributed by atoms with Gasteiger partial charge in [-0.2, -0.15) is 0 Å². The molecule has 0 N–H and O–H groups in total. The Morgan fingerprint density at radius 1 is 0.941 bits per heavy atom. The molecule has 3 rings (SSSR count). The zero-order valence-corrected chi connectivity index (χ0v) is 19.7. The molecule has 0 aromatic heterocycles. The molecule has 34 heavy (non-hydrogen) atoms. The first-order chi connectivity index (χ1) is 16.3. The fourth-order valence-electron chi connectivity index (χ4n) is 4.25. The third kappa shape index (κ3) is 4.46. The van der Waals surface area contributed by atoms with Crippen molar-refractivity contribution in [1.82, 2.24) is 4.90 Å². The van der Waals surface area contributed by atoms with Gasteiger partial charge < -0.3 is 14.2 Å². The summed E-state index contributed by atoms with van der Waals surface area (Å²) in [6, 6.07) is 17.9. The smallest absolute Gasteiger partial charge is 0.415 e. The highest BCUT2D eigenvalue weighted by atomic mass is 16.6. The van der Waals surface area contributed by atoms with E-state index in [-0.39, 0.29) is 12.1 Å². The van der Waals surface area contributed by atoms with Crippen LogP contribution in [0.2, 0.25) is 0 Å². The number of carbonyl (C=O) groups excluding carboxylic acids is 3. The number of hydrogen-bond donors (Lipinski definition) is 0. The van der Waals surface area contributed by atoms with Gasteiger partial charge in [0.25, 0.3) is 0 Å². The summed E-state index contributed by atoms with van der Waals surface area (Å²) in [7, 11) is 2.36. The number of benzene rings is 2. The van der Waals surface area contributed by atoms with Crippen molar-refractivity contribution in [2.24, 2.45) is 5.41 Å². The molecular weight excluding hydrogens is 434 g/mol. The lowest BCUT2D eigenvalue weighted by Crippen LogP contribution is -2.48. The van der Waals surface area contributed by atoms with E-state index in [1.54, 1.807) is 6.92 Å². The number of methoxy groups -OCH3 is 2. The number of cyclic esters (lactones) is 1. The second-order valence-electron chi connectivity index (χ2n) is 8.23. The van der Waals surface area contributed by atoms with E-state index in [1.165, 1.54) is 19.1 Å². The van der Waals surface area contributed by atoms with Crippen LogP contribution in [-0.4, -0.2) is 37.2 Å². The number of ether oxygens (including phenoxy) is 3. The molecule has 7 nitrogen and oxygen atoms in total. The van der Waals surface area contributed by atoms with Crippen LogP contribution in [0.5, 0.6) is 0 Å². The van der Waals surface area contributed by atoms with Gasteiger partial charge in [-0.25, -0.2) is 4.79 Å². The molecule has 1 aliphatic heterocycles. The van der Waals surface area contributed by atoms with Gasteiger partial charge >= 0.3 is 18.0 Å². The Labute approximate surface area is 199 Å². The molecule has 1 saturated heterocycles. The molecule has 0 bridgehead atoms. The molecule has 1 aliphatic rings. The average molecular weight is 464 g/mol. The van der Waals surface area contributed by atoms with Crippen LogP contribution < -0.4 is 0 Å². The van der Waals surface area contributed by atoms with E-state index in [9.17, 15) is 14.4 Å².